The highest BCUT2D eigenvalue weighted by Crippen LogP contribution is 2.33. The Morgan fingerprint density at radius 1 is 1.14 bits per heavy atom. The lowest BCUT2D eigenvalue weighted by Crippen LogP contribution is -2.38. The van der Waals surface area contributed by atoms with Gasteiger partial charge in [-0.1, -0.05) is 18.2 Å². The second-order valence-corrected chi connectivity index (χ2v) is 9.13. The number of H-pyrrole nitrogens is 1. The van der Waals surface area contributed by atoms with Crippen molar-refractivity contribution < 1.29 is 22.8 Å². The third kappa shape index (κ3) is 5.07. The normalized spacial score (nSPS) is 16.2. The summed E-state index contributed by atoms with van der Waals surface area (Å²) >= 11 is 0. The van der Waals surface area contributed by atoms with Gasteiger partial charge in [-0.3, -0.25) is 14.7 Å². The average molecular weight is 511 g/mol. The zero-order valence-electron chi connectivity index (χ0n) is 20.0. The quantitative estimate of drug-likeness (QED) is 0.401. The van der Waals surface area contributed by atoms with Gasteiger partial charge in [-0.2, -0.15) is 18.3 Å². The highest BCUT2D eigenvalue weighted by Gasteiger charge is 2.33. The molecule has 1 saturated heterocycles. The van der Waals surface area contributed by atoms with Gasteiger partial charge in [0.05, 0.1) is 34.9 Å². The Bertz CT molecular complexity index is 1460. The molecule has 11 heteroatoms. The van der Waals surface area contributed by atoms with E-state index in [9.17, 15) is 22.8 Å². The maximum absolute atomic E-state index is 13.7. The number of aromatic amines is 1. The van der Waals surface area contributed by atoms with E-state index in [2.05, 4.69) is 20.5 Å². The Morgan fingerprint density at radius 3 is 2.76 bits per heavy atom. The van der Waals surface area contributed by atoms with E-state index in [0.29, 0.717) is 17.8 Å². The largest absolute Gasteiger partial charge is 0.433 e. The number of hydrogen-bond donors (Lipinski definition) is 2. The van der Waals surface area contributed by atoms with Crippen LogP contribution >= 0.6 is 0 Å². The van der Waals surface area contributed by atoms with Gasteiger partial charge < -0.3 is 14.8 Å². The van der Waals surface area contributed by atoms with Crippen molar-refractivity contribution in [3.8, 4) is 0 Å². The average Bonchev–Trinajstić information content (AvgIpc) is 3.50. The van der Waals surface area contributed by atoms with E-state index in [0.717, 1.165) is 36.2 Å². The van der Waals surface area contributed by atoms with Crippen molar-refractivity contribution in [1.29, 1.82) is 0 Å². The lowest BCUT2D eigenvalue weighted by atomic mass is 9.97. The summed E-state index contributed by atoms with van der Waals surface area (Å²) in [6.45, 7) is 0.590. The van der Waals surface area contributed by atoms with Gasteiger partial charge in [0.2, 0.25) is 5.91 Å². The number of fused-ring (bicyclic) bond motifs is 1. The Kier molecular flexibility index (Phi) is 6.45. The number of benzene rings is 1. The van der Waals surface area contributed by atoms with E-state index >= 15 is 0 Å². The van der Waals surface area contributed by atoms with E-state index in [1.807, 2.05) is 47.0 Å². The molecule has 0 bridgehead atoms. The maximum atomic E-state index is 13.7. The number of pyridine rings is 1. The summed E-state index contributed by atoms with van der Waals surface area (Å²) in [4.78, 5) is 31.5. The van der Waals surface area contributed by atoms with Crippen LogP contribution in [-0.2, 0) is 24.4 Å². The molecule has 1 aliphatic rings. The summed E-state index contributed by atoms with van der Waals surface area (Å²) in [5, 5.41) is 10.7. The molecule has 1 aromatic carbocycles. The molecule has 37 heavy (non-hydrogen) atoms. The summed E-state index contributed by atoms with van der Waals surface area (Å²) in [6, 6.07) is 12.5. The Labute approximate surface area is 210 Å². The third-order valence-electron chi connectivity index (χ3n) is 6.55. The molecule has 192 valence electrons. The van der Waals surface area contributed by atoms with Crippen LogP contribution < -0.4 is 5.32 Å². The fourth-order valence-corrected chi connectivity index (χ4v) is 4.84. The van der Waals surface area contributed by atoms with Crippen molar-refractivity contribution in [3.05, 3.63) is 77.4 Å². The molecule has 0 radical (unpaired) electrons. The molecule has 4 heterocycles. The van der Waals surface area contributed by atoms with Crippen molar-refractivity contribution in [3.63, 3.8) is 0 Å². The van der Waals surface area contributed by atoms with E-state index in [-0.39, 0.29) is 29.9 Å². The van der Waals surface area contributed by atoms with Crippen molar-refractivity contribution in [1.82, 2.24) is 24.6 Å². The zero-order chi connectivity index (χ0) is 26.2. The molecule has 1 fully saturated rings. The Hall–Kier alpha value is -4.15. The number of nitrogens with zero attached hydrogens (tertiary/aromatic N) is 4. The fraction of sp³-hybridized carbons (Fsp3) is 0.308. The van der Waals surface area contributed by atoms with Crippen LogP contribution in [0.3, 0.4) is 0 Å². The van der Waals surface area contributed by atoms with Crippen LogP contribution in [0.4, 0.5) is 19.0 Å². The number of carbonyl (C=O) groups is 2. The number of amides is 2. The molecule has 0 saturated carbocycles. The number of anilines is 1. The third-order valence-corrected chi connectivity index (χ3v) is 6.55. The van der Waals surface area contributed by atoms with E-state index in [1.165, 1.54) is 12.1 Å². The van der Waals surface area contributed by atoms with Gasteiger partial charge in [-0.15, -0.1) is 0 Å². The van der Waals surface area contributed by atoms with Crippen molar-refractivity contribution >= 4 is 28.5 Å². The molecular formula is C26H25F3N6O2. The fourth-order valence-electron chi connectivity index (χ4n) is 4.84. The zero-order valence-corrected chi connectivity index (χ0v) is 20.0. The van der Waals surface area contributed by atoms with Crippen LogP contribution in [0.1, 0.15) is 52.7 Å². The van der Waals surface area contributed by atoms with Crippen LogP contribution in [0.15, 0.2) is 54.7 Å². The number of para-hydroxylation sites is 1. The van der Waals surface area contributed by atoms with Gasteiger partial charge in [0.25, 0.3) is 5.91 Å². The lowest BCUT2D eigenvalue weighted by Gasteiger charge is -2.35. The van der Waals surface area contributed by atoms with E-state index in [1.54, 1.807) is 6.07 Å². The topological polar surface area (TPSA) is 95.9 Å². The van der Waals surface area contributed by atoms with E-state index in [4.69, 9.17) is 0 Å². The number of likely N-dealkylation sites (tertiary alicyclic amines) is 1. The smallest absolute Gasteiger partial charge is 0.350 e. The molecule has 2 N–H and O–H groups in total. The number of nitrogens with one attached hydrogen (secondary N) is 2. The Balaban J connectivity index is 1.31. The van der Waals surface area contributed by atoms with Crippen molar-refractivity contribution in [2.75, 3.05) is 11.9 Å². The summed E-state index contributed by atoms with van der Waals surface area (Å²) in [7, 11) is 1.91. The minimum Gasteiger partial charge on any atom is -0.350 e. The number of halogens is 3. The highest BCUT2D eigenvalue weighted by molar-refractivity contribution is 6.06. The monoisotopic (exact) mass is 510 g/mol. The molecule has 1 aliphatic heterocycles. The Morgan fingerprint density at radius 2 is 1.95 bits per heavy atom. The highest BCUT2D eigenvalue weighted by atomic mass is 19.4. The van der Waals surface area contributed by atoms with Crippen molar-refractivity contribution in [2.24, 2.45) is 7.05 Å². The van der Waals surface area contributed by atoms with Gasteiger partial charge in [-0.05, 0) is 43.5 Å². The number of alkyl halides is 3. The molecule has 4 aromatic rings. The number of aromatic nitrogens is 4. The second kappa shape index (κ2) is 9.72. The number of aryl methyl sites for hydroxylation is 1. The molecule has 5 rings (SSSR count). The molecule has 1 atom stereocenters. The first-order valence-electron chi connectivity index (χ1n) is 11.9. The molecule has 2 amide bonds. The number of hydrogen-bond acceptors (Lipinski definition) is 4. The van der Waals surface area contributed by atoms with Crippen LogP contribution in [0, 0.1) is 0 Å². The first-order valence-corrected chi connectivity index (χ1v) is 11.9. The van der Waals surface area contributed by atoms with Gasteiger partial charge in [0.1, 0.15) is 5.69 Å². The number of carbonyl (C=O) groups excluding carboxylic acids is 2. The molecule has 0 spiro atoms. The lowest BCUT2D eigenvalue weighted by molar-refractivity contribution is -0.141. The second-order valence-electron chi connectivity index (χ2n) is 9.13. The number of rotatable bonds is 5. The van der Waals surface area contributed by atoms with Crippen LogP contribution in [0.2, 0.25) is 0 Å². The predicted octanol–water partition coefficient (Wildman–Crippen LogP) is 4.86. The summed E-state index contributed by atoms with van der Waals surface area (Å²) in [6.07, 6.45) is -0.441. The van der Waals surface area contributed by atoms with Crippen molar-refractivity contribution in [2.45, 2.75) is 37.9 Å². The molecular weight excluding hydrogens is 485 g/mol. The van der Waals surface area contributed by atoms with Gasteiger partial charge >= 0.3 is 6.18 Å². The van der Waals surface area contributed by atoms with Gasteiger partial charge in [0.15, 0.2) is 5.82 Å². The molecule has 0 aliphatic carbocycles. The minimum atomic E-state index is -4.58. The van der Waals surface area contributed by atoms with Crippen LogP contribution in [0.5, 0.6) is 0 Å². The minimum absolute atomic E-state index is 0.00184. The SMILES string of the molecule is Cn1ccc2cccc(C(=O)N3CCCCC3c3cc(NC(=O)Cc4cccc(C(F)(F)F)n4)n[nH]3)c21. The number of piperidine rings is 1. The standard InChI is InChI=1S/C26H25F3N6O2/c1-34-13-11-16-6-4-8-18(24(16)34)25(37)35-12-3-2-9-20(35)19-15-22(33-32-19)31-23(36)14-17-7-5-10-21(30-17)26(27,28)29/h4-8,10-11,13,15,20H,2-3,9,12,14H2,1H3,(H2,31,32,33,36). The summed E-state index contributed by atoms with van der Waals surface area (Å²) < 4.78 is 40.6. The first-order chi connectivity index (χ1) is 17.7. The summed E-state index contributed by atoms with van der Waals surface area (Å²) in [5.41, 5.74) is 1.13. The molecule has 3 aromatic heterocycles. The maximum Gasteiger partial charge on any atom is 0.433 e. The van der Waals surface area contributed by atoms with Gasteiger partial charge in [-0.25, -0.2) is 4.98 Å². The van der Waals surface area contributed by atoms with Crippen LogP contribution in [0.25, 0.3) is 10.9 Å². The predicted molar refractivity (Wildman–Crippen MR) is 131 cm³/mol. The van der Waals surface area contributed by atoms with Crippen LogP contribution in [-0.4, -0.2) is 43.0 Å². The molecule has 1 unspecified atom stereocenters. The van der Waals surface area contributed by atoms with E-state index < -0.39 is 17.8 Å². The van der Waals surface area contributed by atoms with Gasteiger partial charge in [0, 0.05) is 31.2 Å². The summed E-state index contributed by atoms with van der Waals surface area (Å²) in [5.74, 6) is -0.390. The first kappa shape index (κ1) is 24.5. The molecule has 8 nitrogen and oxygen atoms in total.